The van der Waals surface area contributed by atoms with Gasteiger partial charge >= 0.3 is 0 Å². The largest absolute Gasteiger partial charge is 0.497 e. The van der Waals surface area contributed by atoms with Crippen molar-refractivity contribution < 1.29 is 13.9 Å². The second kappa shape index (κ2) is 7.99. The van der Waals surface area contributed by atoms with Crippen molar-refractivity contribution >= 4 is 11.6 Å². The van der Waals surface area contributed by atoms with E-state index in [2.05, 4.69) is 21.8 Å². The summed E-state index contributed by atoms with van der Waals surface area (Å²) in [5.41, 5.74) is 3.54. The average Bonchev–Trinajstić information content (AvgIpc) is 3.24. The topological polar surface area (TPSA) is 47.1 Å². The second-order valence-corrected chi connectivity index (χ2v) is 8.61. The molecule has 0 spiro atoms. The van der Waals surface area contributed by atoms with Gasteiger partial charge in [-0.1, -0.05) is 29.5 Å². The first-order valence-electron chi connectivity index (χ1n) is 10.4. The fourth-order valence-corrected chi connectivity index (χ4v) is 4.13. The van der Waals surface area contributed by atoms with Crippen LogP contribution >= 0.6 is 11.6 Å². The molecule has 0 saturated carbocycles. The lowest BCUT2D eigenvalue weighted by Gasteiger charge is -2.31. The highest BCUT2D eigenvalue weighted by molar-refractivity contribution is 6.33. The van der Waals surface area contributed by atoms with Crippen LogP contribution in [0.5, 0.6) is 11.5 Å². The Morgan fingerprint density at radius 3 is 2.48 bits per heavy atom. The molecule has 33 heavy (non-hydrogen) atoms. The van der Waals surface area contributed by atoms with E-state index in [-0.39, 0.29) is 5.56 Å². The average molecular weight is 459 g/mol. The molecule has 6 heteroatoms. The molecule has 1 N–H and O–H groups in total. The molecule has 0 saturated heterocycles. The summed E-state index contributed by atoms with van der Waals surface area (Å²) < 4.78 is 26.0. The summed E-state index contributed by atoms with van der Waals surface area (Å²) in [7, 11) is 1.63. The Morgan fingerprint density at radius 1 is 1.03 bits per heavy atom. The molecule has 0 aliphatic carbocycles. The first kappa shape index (κ1) is 21.1. The van der Waals surface area contributed by atoms with E-state index in [4.69, 9.17) is 21.1 Å². The van der Waals surface area contributed by atoms with Crippen molar-refractivity contribution in [2.75, 3.05) is 7.11 Å². The van der Waals surface area contributed by atoms with E-state index in [9.17, 15) is 4.39 Å². The molecule has 1 aromatic heterocycles. The predicted molar refractivity (Wildman–Crippen MR) is 127 cm³/mol. The highest BCUT2D eigenvalue weighted by atomic mass is 35.5. The summed E-state index contributed by atoms with van der Waals surface area (Å²) in [5, 5.41) is 0.296. The molecule has 0 atom stereocenters. The van der Waals surface area contributed by atoms with Gasteiger partial charge in [0.25, 0.3) is 0 Å². The Kier molecular flexibility index (Phi) is 5.11. The molecule has 0 unspecified atom stereocenters. The smallest absolute Gasteiger partial charge is 0.147 e. The molecule has 0 fully saturated rings. The molecule has 0 bridgehead atoms. The van der Waals surface area contributed by atoms with Gasteiger partial charge in [0.15, 0.2) is 0 Å². The van der Waals surface area contributed by atoms with Crippen molar-refractivity contribution in [1.82, 2.24) is 9.97 Å². The maximum atomic E-state index is 14.5. The van der Waals surface area contributed by atoms with Gasteiger partial charge in [-0.15, -0.1) is 0 Å². The van der Waals surface area contributed by atoms with Gasteiger partial charge in [-0.25, -0.2) is 9.37 Å². The number of nitrogens with one attached hydrogen (secondary N) is 1. The number of halogens is 2. The second-order valence-electron chi connectivity index (χ2n) is 8.21. The lowest BCUT2D eigenvalue weighted by molar-refractivity contribution is 0.101. The summed E-state index contributed by atoms with van der Waals surface area (Å²) in [4.78, 5) is 7.93. The Hall–Kier alpha value is -3.75. The monoisotopic (exact) mass is 458 g/mol. The molecule has 3 aromatic carbocycles. The Morgan fingerprint density at radius 2 is 1.76 bits per heavy atom. The molecule has 1 aliphatic rings. The van der Waals surface area contributed by atoms with Crippen LogP contribution in [0.4, 0.5) is 4.39 Å². The molecular weight excluding hydrogens is 439 g/mol. The number of hydrogen-bond donors (Lipinski definition) is 1. The minimum atomic E-state index is -0.725. The van der Waals surface area contributed by atoms with Crippen molar-refractivity contribution in [2.24, 2.45) is 0 Å². The third-order valence-electron chi connectivity index (χ3n) is 5.53. The van der Waals surface area contributed by atoms with Crippen LogP contribution in [0, 0.1) is 17.7 Å². The zero-order chi connectivity index (χ0) is 23.2. The molecule has 164 valence electrons. The van der Waals surface area contributed by atoms with Crippen LogP contribution in [0.1, 0.15) is 30.7 Å². The highest BCUT2D eigenvalue weighted by Gasteiger charge is 2.37. The van der Waals surface area contributed by atoms with E-state index >= 15 is 0 Å². The van der Waals surface area contributed by atoms with Gasteiger partial charge in [-0.3, -0.25) is 0 Å². The number of benzene rings is 3. The maximum Gasteiger partial charge on any atom is 0.147 e. The van der Waals surface area contributed by atoms with Gasteiger partial charge in [-0.2, -0.15) is 0 Å². The number of nitrogens with zero attached hydrogens (tertiary/aromatic N) is 1. The SMILES string of the molecule is COc1ccc(C#Cc2ccc3c(c2)OC(C)(C)c2nc(-c4c(F)cccc4Cl)[nH]c2-3)cc1. The number of imidazole rings is 1. The van der Waals surface area contributed by atoms with Gasteiger partial charge in [0.2, 0.25) is 0 Å². The number of rotatable bonds is 2. The summed E-state index contributed by atoms with van der Waals surface area (Å²) >= 11 is 6.27. The maximum absolute atomic E-state index is 14.5. The summed E-state index contributed by atoms with van der Waals surface area (Å²) in [6.07, 6.45) is 0. The normalized spacial score (nSPS) is 13.2. The van der Waals surface area contributed by atoms with Crippen LogP contribution < -0.4 is 9.47 Å². The van der Waals surface area contributed by atoms with Crippen LogP contribution in [0.3, 0.4) is 0 Å². The Balaban J connectivity index is 1.54. The first-order valence-corrected chi connectivity index (χ1v) is 10.8. The third kappa shape index (κ3) is 3.83. The fraction of sp³-hybridized carbons (Fsp3) is 0.148. The Bertz CT molecular complexity index is 1410. The molecule has 2 heterocycles. The third-order valence-corrected chi connectivity index (χ3v) is 5.85. The van der Waals surface area contributed by atoms with E-state index in [1.54, 1.807) is 19.2 Å². The summed E-state index contributed by atoms with van der Waals surface area (Å²) in [6, 6.07) is 17.9. The number of methoxy groups -OCH3 is 1. The molecule has 5 rings (SSSR count). The van der Waals surface area contributed by atoms with Crippen molar-refractivity contribution in [3.8, 4) is 46.0 Å². The summed E-state index contributed by atoms with van der Waals surface area (Å²) in [6.45, 7) is 3.86. The van der Waals surface area contributed by atoms with Crippen LogP contribution in [0.2, 0.25) is 5.02 Å². The molecule has 0 amide bonds. The van der Waals surface area contributed by atoms with Crippen LogP contribution in [-0.2, 0) is 5.60 Å². The van der Waals surface area contributed by atoms with Crippen LogP contribution in [-0.4, -0.2) is 17.1 Å². The predicted octanol–water partition coefficient (Wildman–Crippen LogP) is 6.57. The zero-order valence-electron chi connectivity index (χ0n) is 18.3. The number of hydrogen-bond acceptors (Lipinski definition) is 3. The van der Waals surface area contributed by atoms with Gasteiger partial charge in [0.05, 0.1) is 23.4 Å². The fourth-order valence-electron chi connectivity index (χ4n) is 3.88. The van der Waals surface area contributed by atoms with E-state index < -0.39 is 11.4 Å². The van der Waals surface area contributed by atoms with E-state index in [1.165, 1.54) is 6.07 Å². The zero-order valence-corrected chi connectivity index (χ0v) is 19.0. The van der Waals surface area contributed by atoms with Crippen molar-refractivity contribution in [1.29, 1.82) is 0 Å². The van der Waals surface area contributed by atoms with Crippen molar-refractivity contribution in [2.45, 2.75) is 19.4 Å². The summed E-state index contributed by atoms with van der Waals surface area (Å²) in [5.74, 6) is 7.75. The molecule has 4 aromatic rings. The highest BCUT2D eigenvalue weighted by Crippen LogP contribution is 2.45. The minimum Gasteiger partial charge on any atom is -0.497 e. The minimum absolute atomic E-state index is 0.243. The van der Waals surface area contributed by atoms with Gasteiger partial charge in [0.1, 0.15) is 34.4 Å². The number of fused-ring (bicyclic) bond motifs is 3. The quantitative estimate of drug-likeness (QED) is 0.345. The number of aromatic nitrogens is 2. The van der Waals surface area contributed by atoms with E-state index in [1.807, 2.05) is 56.3 Å². The number of ether oxygens (including phenoxy) is 2. The van der Waals surface area contributed by atoms with E-state index in [0.717, 1.165) is 28.1 Å². The number of aromatic amines is 1. The van der Waals surface area contributed by atoms with Crippen molar-refractivity contribution in [3.63, 3.8) is 0 Å². The Labute approximate surface area is 196 Å². The lowest BCUT2D eigenvalue weighted by atomic mass is 9.94. The molecular formula is C27H20ClFN2O2. The van der Waals surface area contributed by atoms with Gasteiger partial charge in [0, 0.05) is 16.7 Å². The van der Waals surface area contributed by atoms with Crippen molar-refractivity contribution in [3.05, 3.63) is 88.3 Å². The van der Waals surface area contributed by atoms with E-state index in [0.29, 0.717) is 22.3 Å². The molecule has 4 nitrogen and oxygen atoms in total. The lowest BCUT2D eigenvalue weighted by Crippen LogP contribution is -2.29. The van der Waals surface area contributed by atoms with Crippen LogP contribution in [0.15, 0.2) is 60.7 Å². The standard InChI is InChI=1S/C27H20ClFN2O2/c1-27(2)25-24(30-26(31-25)23-20(28)5-4-6-21(23)29)19-14-11-17(15-22(19)33-27)8-7-16-9-12-18(32-3)13-10-16/h4-6,9-15H,1-3H3,(H,30,31). The number of H-pyrrole nitrogens is 1. The van der Waals surface area contributed by atoms with Crippen LogP contribution in [0.25, 0.3) is 22.6 Å². The van der Waals surface area contributed by atoms with Gasteiger partial charge in [-0.05, 0) is 68.4 Å². The van der Waals surface area contributed by atoms with Gasteiger partial charge < -0.3 is 14.5 Å². The molecule has 1 aliphatic heterocycles. The molecule has 0 radical (unpaired) electrons. The first-order chi connectivity index (χ1) is 15.9.